The number of likely N-dealkylation sites (N-methyl/N-ethyl adjacent to an activating group) is 1. The molecule has 0 atom stereocenters. The van der Waals surface area contributed by atoms with Crippen molar-refractivity contribution >= 4 is 35.1 Å². The third kappa shape index (κ3) is 8.23. The summed E-state index contributed by atoms with van der Waals surface area (Å²) in [7, 11) is 1.61. The van der Waals surface area contributed by atoms with Crippen LogP contribution in [0.2, 0.25) is 5.02 Å². The molecular weight excluding hydrogens is 396 g/mol. The van der Waals surface area contributed by atoms with Gasteiger partial charge in [0.15, 0.2) is 6.61 Å². The zero-order valence-electron chi connectivity index (χ0n) is 16.3. The number of halogens is 1. The highest BCUT2D eigenvalue weighted by atomic mass is 35.5. The Morgan fingerprint density at radius 1 is 1.03 bits per heavy atom. The number of benzene rings is 2. The van der Waals surface area contributed by atoms with Crippen LogP contribution in [0.3, 0.4) is 0 Å². The van der Waals surface area contributed by atoms with E-state index in [0.29, 0.717) is 29.6 Å². The van der Waals surface area contributed by atoms with Crippen molar-refractivity contribution < 1.29 is 23.9 Å². The van der Waals surface area contributed by atoms with Gasteiger partial charge >= 0.3 is 5.97 Å². The van der Waals surface area contributed by atoms with Gasteiger partial charge in [0.1, 0.15) is 12.4 Å². The first kappa shape index (κ1) is 22.2. The lowest BCUT2D eigenvalue weighted by Gasteiger charge is -2.17. The third-order valence-corrected chi connectivity index (χ3v) is 4.17. The molecule has 0 aliphatic carbocycles. The van der Waals surface area contributed by atoms with Crippen LogP contribution in [0.1, 0.15) is 12.5 Å². The summed E-state index contributed by atoms with van der Waals surface area (Å²) in [6.45, 7) is 1.74. The number of amides is 2. The Kier molecular flexibility index (Phi) is 8.48. The Hall–Kier alpha value is -3.06. The summed E-state index contributed by atoms with van der Waals surface area (Å²) >= 11 is 5.81. The minimum atomic E-state index is -0.503. The van der Waals surface area contributed by atoms with Gasteiger partial charge in [-0.15, -0.1) is 0 Å². The van der Waals surface area contributed by atoms with Crippen LogP contribution < -0.4 is 10.1 Å². The topological polar surface area (TPSA) is 84.9 Å². The van der Waals surface area contributed by atoms with Crippen molar-refractivity contribution in [2.75, 3.05) is 32.1 Å². The second-order valence-electron chi connectivity index (χ2n) is 6.33. The molecule has 0 bridgehead atoms. The number of carbonyl (C=O) groups is 3. The highest BCUT2D eigenvalue weighted by Crippen LogP contribution is 2.15. The molecule has 2 aromatic rings. The van der Waals surface area contributed by atoms with Crippen LogP contribution in [0, 0.1) is 0 Å². The molecular formula is C21H23ClN2O5. The summed E-state index contributed by atoms with van der Waals surface area (Å²) in [5, 5.41) is 3.27. The van der Waals surface area contributed by atoms with Gasteiger partial charge in [-0.05, 0) is 42.0 Å². The Labute approximate surface area is 174 Å². The summed E-state index contributed by atoms with van der Waals surface area (Å²) in [6.07, 6.45) is 0.0387. The molecule has 154 valence electrons. The Morgan fingerprint density at radius 3 is 2.31 bits per heavy atom. The second kappa shape index (κ2) is 11.1. The standard InChI is InChI=1S/C21H23ClN2O5/c1-15(25)23-18-7-3-16(4-8-18)13-21(27)29-14-20(26)24(2)11-12-28-19-9-5-17(22)6-10-19/h3-10H,11-14H2,1-2H3,(H,23,25). The summed E-state index contributed by atoms with van der Waals surface area (Å²) in [5.74, 6) is -0.333. The smallest absolute Gasteiger partial charge is 0.310 e. The van der Waals surface area contributed by atoms with E-state index in [9.17, 15) is 14.4 Å². The molecule has 2 aromatic carbocycles. The van der Waals surface area contributed by atoms with Crippen molar-refractivity contribution in [2.24, 2.45) is 0 Å². The van der Waals surface area contributed by atoms with Gasteiger partial charge in [0.25, 0.3) is 5.91 Å². The summed E-state index contributed by atoms with van der Waals surface area (Å²) in [5.41, 5.74) is 1.37. The number of carbonyl (C=O) groups excluding carboxylic acids is 3. The summed E-state index contributed by atoms with van der Waals surface area (Å²) in [6, 6.07) is 13.8. The Balaban J connectivity index is 1.68. The highest BCUT2D eigenvalue weighted by molar-refractivity contribution is 6.30. The van der Waals surface area contributed by atoms with Crippen LogP contribution in [-0.4, -0.2) is 49.5 Å². The van der Waals surface area contributed by atoms with Gasteiger partial charge in [0, 0.05) is 24.7 Å². The van der Waals surface area contributed by atoms with E-state index in [4.69, 9.17) is 21.1 Å². The number of hydrogen-bond acceptors (Lipinski definition) is 5. The maximum Gasteiger partial charge on any atom is 0.310 e. The van der Waals surface area contributed by atoms with Crippen molar-refractivity contribution in [2.45, 2.75) is 13.3 Å². The van der Waals surface area contributed by atoms with Crippen molar-refractivity contribution in [1.82, 2.24) is 4.90 Å². The van der Waals surface area contributed by atoms with Crippen molar-refractivity contribution in [1.29, 1.82) is 0 Å². The average molecular weight is 419 g/mol. The van der Waals surface area contributed by atoms with Crippen LogP contribution in [0.15, 0.2) is 48.5 Å². The van der Waals surface area contributed by atoms with E-state index < -0.39 is 5.97 Å². The van der Waals surface area contributed by atoms with E-state index in [-0.39, 0.29) is 24.8 Å². The molecule has 0 aliphatic rings. The molecule has 0 fully saturated rings. The molecule has 0 aromatic heterocycles. The first-order valence-electron chi connectivity index (χ1n) is 8.98. The molecule has 8 heteroatoms. The van der Waals surface area contributed by atoms with Crippen LogP contribution >= 0.6 is 11.6 Å². The van der Waals surface area contributed by atoms with Crippen molar-refractivity contribution in [3.05, 3.63) is 59.1 Å². The van der Waals surface area contributed by atoms with E-state index in [0.717, 1.165) is 5.56 Å². The van der Waals surface area contributed by atoms with Gasteiger partial charge < -0.3 is 19.7 Å². The lowest BCUT2D eigenvalue weighted by Crippen LogP contribution is -2.34. The number of esters is 1. The quantitative estimate of drug-likeness (QED) is 0.633. The number of rotatable bonds is 9. The Morgan fingerprint density at radius 2 is 1.69 bits per heavy atom. The molecule has 1 N–H and O–H groups in total. The van der Waals surface area contributed by atoms with Crippen LogP contribution in [0.4, 0.5) is 5.69 Å². The van der Waals surface area contributed by atoms with E-state index >= 15 is 0 Å². The molecule has 0 heterocycles. The van der Waals surface area contributed by atoms with Gasteiger partial charge in [0.05, 0.1) is 13.0 Å². The fourth-order valence-corrected chi connectivity index (χ4v) is 2.46. The van der Waals surface area contributed by atoms with E-state index in [1.54, 1.807) is 55.6 Å². The first-order valence-corrected chi connectivity index (χ1v) is 9.36. The lowest BCUT2D eigenvalue weighted by molar-refractivity contribution is -0.151. The maximum absolute atomic E-state index is 12.1. The molecule has 29 heavy (non-hydrogen) atoms. The summed E-state index contributed by atoms with van der Waals surface area (Å²) in [4.78, 5) is 36.4. The molecule has 2 amide bonds. The van der Waals surface area contributed by atoms with E-state index in [1.165, 1.54) is 11.8 Å². The molecule has 0 aliphatic heterocycles. The molecule has 0 saturated heterocycles. The average Bonchev–Trinajstić information content (AvgIpc) is 2.68. The predicted molar refractivity (Wildman–Crippen MR) is 110 cm³/mol. The zero-order valence-corrected chi connectivity index (χ0v) is 17.1. The lowest BCUT2D eigenvalue weighted by atomic mass is 10.1. The highest BCUT2D eigenvalue weighted by Gasteiger charge is 2.13. The number of nitrogens with one attached hydrogen (secondary N) is 1. The second-order valence-corrected chi connectivity index (χ2v) is 6.77. The third-order valence-electron chi connectivity index (χ3n) is 3.91. The summed E-state index contributed by atoms with van der Waals surface area (Å²) < 4.78 is 10.6. The SMILES string of the molecule is CC(=O)Nc1ccc(CC(=O)OCC(=O)N(C)CCOc2ccc(Cl)cc2)cc1. The Bertz CT molecular complexity index is 837. The zero-order chi connectivity index (χ0) is 21.2. The molecule has 7 nitrogen and oxygen atoms in total. The molecule has 0 spiro atoms. The van der Waals surface area contributed by atoms with Gasteiger partial charge in [-0.2, -0.15) is 0 Å². The number of hydrogen-bond donors (Lipinski definition) is 1. The van der Waals surface area contributed by atoms with Crippen molar-refractivity contribution in [3.8, 4) is 5.75 Å². The van der Waals surface area contributed by atoms with Crippen LogP contribution in [0.25, 0.3) is 0 Å². The minimum Gasteiger partial charge on any atom is -0.492 e. The van der Waals surface area contributed by atoms with Crippen molar-refractivity contribution in [3.63, 3.8) is 0 Å². The van der Waals surface area contributed by atoms with E-state index in [1.807, 2.05) is 0 Å². The molecule has 0 saturated carbocycles. The van der Waals surface area contributed by atoms with Gasteiger partial charge in [-0.25, -0.2) is 0 Å². The van der Waals surface area contributed by atoms with Gasteiger partial charge in [0.2, 0.25) is 5.91 Å². The minimum absolute atomic E-state index is 0.0387. The maximum atomic E-state index is 12.1. The largest absolute Gasteiger partial charge is 0.492 e. The predicted octanol–water partition coefficient (Wildman–Crippen LogP) is 2.92. The number of nitrogens with zero attached hydrogens (tertiary/aromatic N) is 1. The van der Waals surface area contributed by atoms with Gasteiger partial charge in [-0.1, -0.05) is 23.7 Å². The normalized spacial score (nSPS) is 10.2. The molecule has 0 unspecified atom stereocenters. The molecule has 0 radical (unpaired) electrons. The fraction of sp³-hybridized carbons (Fsp3) is 0.286. The van der Waals surface area contributed by atoms with Crippen LogP contribution in [-0.2, 0) is 25.5 Å². The van der Waals surface area contributed by atoms with Crippen LogP contribution in [0.5, 0.6) is 5.75 Å². The first-order chi connectivity index (χ1) is 13.8. The monoisotopic (exact) mass is 418 g/mol. The molecule has 2 rings (SSSR count). The fourth-order valence-electron chi connectivity index (χ4n) is 2.34. The van der Waals surface area contributed by atoms with E-state index in [2.05, 4.69) is 5.32 Å². The number of ether oxygens (including phenoxy) is 2. The van der Waals surface area contributed by atoms with Gasteiger partial charge in [-0.3, -0.25) is 14.4 Å². The number of anilines is 1.